The van der Waals surface area contributed by atoms with E-state index in [0.717, 1.165) is 17.5 Å². The van der Waals surface area contributed by atoms with Gasteiger partial charge in [0.05, 0.1) is 12.0 Å². The van der Waals surface area contributed by atoms with Gasteiger partial charge in [-0.2, -0.15) is 0 Å². The molecule has 0 spiro atoms. The number of aryl methyl sites for hydroxylation is 3. The van der Waals surface area contributed by atoms with Gasteiger partial charge >= 0.3 is 0 Å². The zero-order chi connectivity index (χ0) is 17.9. The van der Waals surface area contributed by atoms with Gasteiger partial charge in [0.1, 0.15) is 5.75 Å². The Kier molecular flexibility index (Phi) is 5.67. The van der Waals surface area contributed by atoms with E-state index in [1.54, 1.807) is 26.2 Å². The summed E-state index contributed by atoms with van der Waals surface area (Å²) in [5, 5.41) is 0. The van der Waals surface area contributed by atoms with Crippen LogP contribution in [0.25, 0.3) is 0 Å². The summed E-state index contributed by atoms with van der Waals surface area (Å²) in [5.74, 6) is 0.689. The lowest BCUT2D eigenvalue weighted by molar-refractivity contribution is 0.411. The summed E-state index contributed by atoms with van der Waals surface area (Å²) >= 11 is 0. The molecule has 4 nitrogen and oxygen atoms in total. The maximum absolute atomic E-state index is 12.8. The SMILES string of the molecule is CCc1ccc([C@H](C)NS(=O)(=O)c2cc(C)c(OC)cc2C)cc1. The standard InChI is InChI=1S/C19H25NO3S/c1-6-16-7-9-17(10-8-16)15(4)20-24(21,22)19-12-13(2)18(23-5)11-14(19)3/h7-12,15,20H,6H2,1-5H3/t15-/m0/s1. The second-order valence-corrected chi connectivity index (χ2v) is 7.71. The Morgan fingerprint density at radius 1 is 1.08 bits per heavy atom. The largest absolute Gasteiger partial charge is 0.496 e. The molecule has 2 aromatic carbocycles. The summed E-state index contributed by atoms with van der Waals surface area (Å²) in [6.07, 6.45) is 0.963. The van der Waals surface area contributed by atoms with Gasteiger partial charge in [-0.1, -0.05) is 31.2 Å². The molecule has 2 rings (SSSR count). The van der Waals surface area contributed by atoms with E-state index in [0.29, 0.717) is 11.3 Å². The Labute approximate surface area is 144 Å². The average molecular weight is 347 g/mol. The fourth-order valence-electron chi connectivity index (χ4n) is 2.68. The first kappa shape index (κ1) is 18.5. The normalized spacial score (nSPS) is 12.9. The molecule has 130 valence electrons. The zero-order valence-corrected chi connectivity index (χ0v) is 15.7. The number of methoxy groups -OCH3 is 1. The van der Waals surface area contributed by atoms with Crippen molar-refractivity contribution in [2.75, 3.05) is 7.11 Å². The van der Waals surface area contributed by atoms with Crippen molar-refractivity contribution >= 4 is 10.0 Å². The molecule has 0 aliphatic rings. The van der Waals surface area contributed by atoms with Crippen LogP contribution in [0, 0.1) is 13.8 Å². The Balaban J connectivity index is 2.28. The first-order valence-electron chi connectivity index (χ1n) is 8.05. The predicted octanol–water partition coefficient (Wildman–Crippen LogP) is 3.91. The van der Waals surface area contributed by atoms with Crippen molar-refractivity contribution in [1.29, 1.82) is 0 Å². The fraction of sp³-hybridized carbons (Fsp3) is 0.368. The summed E-state index contributed by atoms with van der Waals surface area (Å²) in [4.78, 5) is 0.290. The lowest BCUT2D eigenvalue weighted by Gasteiger charge is -2.17. The second-order valence-electron chi connectivity index (χ2n) is 6.03. The molecule has 0 fully saturated rings. The Bertz CT molecular complexity index is 811. The lowest BCUT2D eigenvalue weighted by atomic mass is 10.1. The van der Waals surface area contributed by atoms with Gasteiger partial charge in [0, 0.05) is 6.04 Å². The van der Waals surface area contributed by atoms with Crippen LogP contribution in [0.3, 0.4) is 0 Å². The van der Waals surface area contributed by atoms with E-state index in [-0.39, 0.29) is 10.9 Å². The van der Waals surface area contributed by atoms with E-state index < -0.39 is 10.0 Å². The van der Waals surface area contributed by atoms with Crippen LogP contribution in [0.1, 0.15) is 42.1 Å². The molecule has 0 aromatic heterocycles. The highest BCUT2D eigenvalue weighted by Crippen LogP contribution is 2.26. The Hall–Kier alpha value is -1.85. The average Bonchev–Trinajstić information content (AvgIpc) is 2.56. The first-order chi connectivity index (χ1) is 11.3. The Morgan fingerprint density at radius 2 is 1.71 bits per heavy atom. The summed E-state index contributed by atoms with van der Waals surface area (Å²) in [6, 6.07) is 11.1. The summed E-state index contributed by atoms with van der Waals surface area (Å²) in [6.45, 7) is 7.56. The quantitative estimate of drug-likeness (QED) is 0.862. The molecular weight excluding hydrogens is 322 g/mol. The third-order valence-corrected chi connectivity index (χ3v) is 5.88. The van der Waals surface area contributed by atoms with E-state index in [1.165, 1.54) is 5.56 Å². The third kappa shape index (κ3) is 3.97. The number of ether oxygens (including phenoxy) is 1. The fourth-order valence-corrected chi connectivity index (χ4v) is 4.22. The highest BCUT2D eigenvalue weighted by Gasteiger charge is 2.21. The van der Waals surface area contributed by atoms with Gasteiger partial charge in [-0.3, -0.25) is 0 Å². The van der Waals surface area contributed by atoms with Crippen molar-refractivity contribution < 1.29 is 13.2 Å². The van der Waals surface area contributed by atoms with E-state index in [2.05, 4.69) is 11.6 Å². The van der Waals surface area contributed by atoms with Crippen molar-refractivity contribution in [2.24, 2.45) is 0 Å². The molecular formula is C19H25NO3S. The van der Waals surface area contributed by atoms with Crippen molar-refractivity contribution in [1.82, 2.24) is 4.72 Å². The molecule has 0 saturated carbocycles. The molecule has 0 aliphatic carbocycles. The molecule has 0 amide bonds. The van der Waals surface area contributed by atoms with Crippen LogP contribution < -0.4 is 9.46 Å². The first-order valence-corrected chi connectivity index (χ1v) is 9.53. The molecule has 5 heteroatoms. The van der Waals surface area contributed by atoms with E-state index >= 15 is 0 Å². The minimum atomic E-state index is -3.61. The molecule has 0 radical (unpaired) electrons. The number of rotatable bonds is 6. The van der Waals surface area contributed by atoms with Crippen molar-refractivity contribution in [3.63, 3.8) is 0 Å². The molecule has 1 N–H and O–H groups in total. The number of benzene rings is 2. The smallest absolute Gasteiger partial charge is 0.241 e. The maximum Gasteiger partial charge on any atom is 0.241 e. The van der Waals surface area contributed by atoms with Crippen molar-refractivity contribution in [3.05, 3.63) is 58.7 Å². The highest BCUT2D eigenvalue weighted by atomic mass is 32.2. The summed E-state index contributed by atoms with van der Waals surface area (Å²) in [7, 11) is -2.03. The van der Waals surface area contributed by atoms with Crippen LogP contribution >= 0.6 is 0 Å². The van der Waals surface area contributed by atoms with Gasteiger partial charge in [-0.05, 0) is 61.6 Å². The van der Waals surface area contributed by atoms with Crippen molar-refractivity contribution in [2.45, 2.75) is 45.1 Å². The molecule has 0 heterocycles. The molecule has 2 aromatic rings. The minimum Gasteiger partial charge on any atom is -0.496 e. The summed E-state index contributed by atoms with van der Waals surface area (Å²) in [5.41, 5.74) is 3.64. The Morgan fingerprint density at radius 3 is 2.25 bits per heavy atom. The molecule has 0 unspecified atom stereocenters. The van der Waals surface area contributed by atoms with E-state index in [1.807, 2.05) is 38.1 Å². The number of hydrogen-bond acceptors (Lipinski definition) is 3. The van der Waals surface area contributed by atoms with Crippen LogP contribution in [0.5, 0.6) is 5.75 Å². The summed E-state index contributed by atoms with van der Waals surface area (Å²) < 4.78 is 33.5. The minimum absolute atomic E-state index is 0.290. The van der Waals surface area contributed by atoms with Crippen LogP contribution in [0.15, 0.2) is 41.3 Å². The van der Waals surface area contributed by atoms with E-state index in [4.69, 9.17) is 4.74 Å². The van der Waals surface area contributed by atoms with Gasteiger partial charge in [0.25, 0.3) is 0 Å². The van der Waals surface area contributed by atoms with Crippen LogP contribution in [-0.4, -0.2) is 15.5 Å². The van der Waals surface area contributed by atoms with E-state index in [9.17, 15) is 8.42 Å². The van der Waals surface area contributed by atoms with Crippen LogP contribution in [-0.2, 0) is 16.4 Å². The second kappa shape index (κ2) is 7.36. The highest BCUT2D eigenvalue weighted by molar-refractivity contribution is 7.89. The van der Waals surface area contributed by atoms with Crippen LogP contribution in [0.2, 0.25) is 0 Å². The van der Waals surface area contributed by atoms with Gasteiger partial charge in [-0.25, -0.2) is 13.1 Å². The van der Waals surface area contributed by atoms with Crippen LogP contribution in [0.4, 0.5) is 0 Å². The molecule has 24 heavy (non-hydrogen) atoms. The predicted molar refractivity (Wildman–Crippen MR) is 97.0 cm³/mol. The maximum atomic E-state index is 12.8. The van der Waals surface area contributed by atoms with Gasteiger partial charge in [-0.15, -0.1) is 0 Å². The lowest BCUT2D eigenvalue weighted by Crippen LogP contribution is -2.27. The van der Waals surface area contributed by atoms with Gasteiger partial charge < -0.3 is 4.74 Å². The number of hydrogen-bond donors (Lipinski definition) is 1. The number of nitrogens with one attached hydrogen (secondary N) is 1. The zero-order valence-electron chi connectivity index (χ0n) is 14.9. The topological polar surface area (TPSA) is 55.4 Å². The molecule has 0 aliphatic heterocycles. The molecule has 1 atom stereocenters. The van der Waals surface area contributed by atoms with Gasteiger partial charge in [0.2, 0.25) is 10.0 Å². The number of sulfonamides is 1. The molecule has 0 bridgehead atoms. The third-order valence-electron chi connectivity index (χ3n) is 4.20. The van der Waals surface area contributed by atoms with Gasteiger partial charge in [0.15, 0.2) is 0 Å². The molecule has 0 saturated heterocycles. The van der Waals surface area contributed by atoms with Crippen molar-refractivity contribution in [3.8, 4) is 5.75 Å². The monoisotopic (exact) mass is 347 g/mol.